The monoisotopic (exact) mass is 348 g/mol. The predicted molar refractivity (Wildman–Crippen MR) is 103 cm³/mol. The van der Waals surface area contributed by atoms with Crippen LogP contribution in [0.4, 0.5) is 11.4 Å². The van der Waals surface area contributed by atoms with Crippen LogP contribution < -0.4 is 10.2 Å². The Morgan fingerprint density at radius 1 is 0.923 bits per heavy atom. The molecule has 4 nitrogen and oxygen atoms in total. The van der Waals surface area contributed by atoms with E-state index in [9.17, 15) is 9.59 Å². The van der Waals surface area contributed by atoms with E-state index >= 15 is 0 Å². The van der Waals surface area contributed by atoms with Crippen molar-refractivity contribution in [1.82, 2.24) is 0 Å². The number of nitrogens with one attached hydrogen (secondary N) is 1. The minimum atomic E-state index is -0.102. The molecule has 0 spiro atoms. The van der Waals surface area contributed by atoms with Gasteiger partial charge >= 0.3 is 0 Å². The highest BCUT2D eigenvalue weighted by molar-refractivity contribution is 6.20. The molecule has 2 amide bonds. The van der Waals surface area contributed by atoms with Crippen molar-refractivity contribution in [3.63, 3.8) is 0 Å². The summed E-state index contributed by atoms with van der Waals surface area (Å²) in [5.74, 6) is -0.204. The van der Waals surface area contributed by atoms with Crippen molar-refractivity contribution in [2.45, 2.75) is 51.5 Å². The van der Waals surface area contributed by atoms with Gasteiger partial charge in [-0.2, -0.15) is 0 Å². The van der Waals surface area contributed by atoms with Crippen LogP contribution in [-0.2, 0) is 16.0 Å². The fourth-order valence-electron chi connectivity index (χ4n) is 4.13. The maximum Gasteiger partial charge on any atom is 0.234 e. The lowest BCUT2D eigenvalue weighted by Crippen LogP contribution is -2.29. The zero-order valence-electron chi connectivity index (χ0n) is 15.1. The Hall–Kier alpha value is -2.62. The van der Waals surface area contributed by atoms with E-state index in [0.29, 0.717) is 18.5 Å². The van der Waals surface area contributed by atoms with Crippen molar-refractivity contribution in [2.24, 2.45) is 0 Å². The molecule has 0 aromatic heterocycles. The highest BCUT2D eigenvalue weighted by Crippen LogP contribution is 2.35. The standard InChI is InChI=1S/C22H24N2O2/c1-15-18(11-6-12-20(15)24-21(25)13-14-22(24)26)23-19-10-5-3-8-16-7-2-4-9-17(16)19/h2,4,6-7,9,11-12,19,23H,3,5,8,10,13-14H2,1H3. The quantitative estimate of drug-likeness (QED) is 0.655. The number of amides is 2. The number of rotatable bonds is 3. The Balaban J connectivity index is 1.66. The van der Waals surface area contributed by atoms with Gasteiger partial charge in [-0.25, -0.2) is 0 Å². The summed E-state index contributed by atoms with van der Waals surface area (Å²) in [5, 5.41) is 3.69. The molecule has 1 saturated heterocycles. The second-order valence-electron chi connectivity index (χ2n) is 7.21. The maximum atomic E-state index is 12.1. The van der Waals surface area contributed by atoms with Gasteiger partial charge in [-0.15, -0.1) is 0 Å². The lowest BCUT2D eigenvalue weighted by atomic mass is 9.98. The largest absolute Gasteiger partial charge is 0.378 e. The van der Waals surface area contributed by atoms with Crippen LogP contribution in [-0.4, -0.2) is 11.8 Å². The Morgan fingerprint density at radius 3 is 2.50 bits per heavy atom. The highest BCUT2D eigenvalue weighted by atomic mass is 16.2. The van der Waals surface area contributed by atoms with E-state index in [2.05, 4.69) is 29.6 Å². The van der Waals surface area contributed by atoms with Crippen LogP contribution in [0, 0.1) is 6.92 Å². The average molecular weight is 348 g/mol. The molecule has 0 radical (unpaired) electrons. The molecule has 0 saturated carbocycles. The first-order valence-electron chi connectivity index (χ1n) is 9.45. The normalized spacial score (nSPS) is 20.0. The van der Waals surface area contributed by atoms with Crippen molar-refractivity contribution in [1.29, 1.82) is 0 Å². The summed E-state index contributed by atoms with van der Waals surface area (Å²) in [6, 6.07) is 14.7. The third kappa shape index (κ3) is 3.00. The van der Waals surface area contributed by atoms with Crippen molar-refractivity contribution in [3.05, 3.63) is 59.2 Å². The minimum Gasteiger partial charge on any atom is -0.378 e. The average Bonchev–Trinajstić information content (AvgIpc) is 2.86. The molecule has 0 bridgehead atoms. The molecule has 1 unspecified atom stereocenters. The SMILES string of the molecule is Cc1c(NC2CCCCc3ccccc32)cccc1N1C(=O)CCC1=O. The zero-order valence-corrected chi connectivity index (χ0v) is 15.1. The number of hydrogen-bond donors (Lipinski definition) is 1. The van der Waals surface area contributed by atoms with Gasteiger partial charge in [0.2, 0.25) is 11.8 Å². The van der Waals surface area contributed by atoms with E-state index in [4.69, 9.17) is 0 Å². The highest BCUT2D eigenvalue weighted by Gasteiger charge is 2.31. The van der Waals surface area contributed by atoms with E-state index in [0.717, 1.165) is 24.1 Å². The summed E-state index contributed by atoms with van der Waals surface area (Å²) in [6.45, 7) is 1.99. The van der Waals surface area contributed by atoms with E-state index in [-0.39, 0.29) is 17.9 Å². The summed E-state index contributed by atoms with van der Waals surface area (Å²) in [7, 11) is 0. The van der Waals surface area contributed by atoms with Crippen molar-refractivity contribution >= 4 is 23.2 Å². The molecule has 4 rings (SSSR count). The van der Waals surface area contributed by atoms with Gasteiger partial charge in [0.1, 0.15) is 0 Å². The molecule has 26 heavy (non-hydrogen) atoms. The Labute approximate surface area is 154 Å². The molecular formula is C22H24N2O2. The van der Waals surface area contributed by atoms with Crippen LogP contribution in [0.2, 0.25) is 0 Å². The molecule has 1 heterocycles. The third-order valence-electron chi connectivity index (χ3n) is 5.55. The van der Waals surface area contributed by atoms with Gasteiger partial charge in [0, 0.05) is 18.5 Å². The molecule has 2 aromatic carbocycles. The van der Waals surface area contributed by atoms with Crippen molar-refractivity contribution < 1.29 is 9.59 Å². The zero-order chi connectivity index (χ0) is 18.1. The molecular weight excluding hydrogens is 324 g/mol. The van der Waals surface area contributed by atoms with Crippen molar-refractivity contribution in [3.8, 4) is 0 Å². The van der Waals surface area contributed by atoms with Gasteiger partial charge in [0.15, 0.2) is 0 Å². The van der Waals surface area contributed by atoms with Crippen LogP contribution >= 0.6 is 0 Å². The van der Waals surface area contributed by atoms with Gasteiger partial charge in [-0.05, 0) is 55.0 Å². The number of imide groups is 1. The molecule has 2 aromatic rings. The number of nitrogens with zero attached hydrogens (tertiary/aromatic N) is 1. The van der Waals surface area contributed by atoms with Crippen LogP contribution in [0.3, 0.4) is 0 Å². The smallest absolute Gasteiger partial charge is 0.234 e. The molecule has 1 N–H and O–H groups in total. The van der Waals surface area contributed by atoms with Crippen LogP contribution in [0.5, 0.6) is 0 Å². The second-order valence-corrected chi connectivity index (χ2v) is 7.21. The summed E-state index contributed by atoms with van der Waals surface area (Å²) >= 11 is 0. The van der Waals surface area contributed by atoms with Crippen LogP contribution in [0.25, 0.3) is 0 Å². The fourth-order valence-corrected chi connectivity index (χ4v) is 4.13. The van der Waals surface area contributed by atoms with E-state index < -0.39 is 0 Å². The van der Waals surface area contributed by atoms with E-state index in [1.54, 1.807) is 0 Å². The summed E-state index contributed by atoms with van der Waals surface area (Å²) in [5.41, 5.74) is 5.45. The number of aryl methyl sites for hydroxylation is 1. The van der Waals surface area contributed by atoms with E-state index in [1.165, 1.54) is 28.9 Å². The fraction of sp³-hybridized carbons (Fsp3) is 0.364. The molecule has 2 aliphatic rings. The lowest BCUT2D eigenvalue weighted by Gasteiger charge is -2.24. The number of fused-ring (bicyclic) bond motifs is 1. The van der Waals surface area contributed by atoms with E-state index in [1.807, 2.05) is 25.1 Å². The first kappa shape index (κ1) is 16.8. The summed E-state index contributed by atoms with van der Waals surface area (Å²) in [4.78, 5) is 25.6. The second kappa shape index (κ2) is 6.94. The maximum absolute atomic E-state index is 12.1. The topological polar surface area (TPSA) is 49.4 Å². The van der Waals surface area contributed by atoms with Crippen LogP contribution in [0.1, 0.15) is 54.8 Å². The number of carbonyl (C=O) groups is 2. The van der Waals surface area contributed by atoms with Crippen LogP contribution in [0.15, 0.2) is 42.5 Å². The number of carbonyl (C=O) groups excluding carboxylic acids is 2. The Kier molecular flexibility index (Phi) is 4.49. The summed E-state index contributed by atoms with van der Waals surface area (Å²) in [6.07, 6.45) is 5.24. The molecule has 1 fully saturated rings. The first-order valence-corrected chi connectivity index (χ1v) is 9.45. The molecule has 1 aliphatic carbocycles. The van der Waals surface area contributed by atoms with Gasteiger partial charge in [-0.1, -0.05) is 36.8 Å². The molecule has 134 valence electrons. The number of anilines is 2. The van der Waals surface area contributed by atoms with Gasteiger partial charge in [-0.3, -0.25) is 14.5 Å². The van der Waals surface area contributed by atoms with Gasteiger partial charge < -0.3 is 5.32 Å². The lowest BCUT2D eigenvalue weighted by molar-refractivity contribution is -0.121. The van der Waals surface area contributed by atoms with Crippen molar-refractivity contribution in [2.75, 3.05) is 10.2 Å². The third-order valence-corrected chi connectivity index (χ3v) is 5.55. The minimum absolute atomic E-state index is 0.102. The number of benzene rings is 2. The van der Waals surface area contributed by atoms with Gasteiger partial charge in [0.05, 0.1) is 11.7 Å². The first-order chi connectivity index (χ1) is 12.6. The predicted octanol–water partition coefficient (Wildman–Crippen LogP) is 4.53. The summed E-state index contributed by atoms with van der Waals surface area (Å²) < 4.78 is 0. The molecule has 1 atom stereocenters. The Morgan fingerprint density at radius 2 is 1.69 bits per heavy atom. The number of hydrogen-bond acceptors (Lipinski definition) is 3. The van der Waals surface area contributed by atoms with Gasteiger partial charge in [0.25, 0.3) is 0 Å². The Bertz CT molecular complexity index is 843. The molecule has 1 aliphatic heterocycles. The molecule has 4 heteroatoms.